The van der Waals surface area contributed by atoms with Gasteiger partial charge in [0.2, 0.25) is 5.82 Å². The van der Waals surface area contributed by atoms with Crippen LogP contribution >= 0.6 is 0 Å². The highest BCUT2D eigenvalue weighted by molar-refractivity contribution is 6.01. The van der Waals surface area contributed by atoms with Crippen LogP contribution in [0.3, 0.4) is 0 Å². The molecule has 0 N–H and O–H groups in total. The van der Waals surface area contributed by atoms with Crippen molar-refractivity contribution < 1.29 is 9.76 Å². The van der Waals surface area contributed by atoms with Crippen molar-refractivity contribution in [1.29, 1.82) is 0 Å². The first-order chi connectivity index (χ1) is 13.5. The lowest BCUT2D eigenvalue weighted by Gasteiger charge is -2.37. The molecule has 0 amide bonds. The SMILES string of the molecule is C#CC1=NOC2(CCN(c3nc(C)ccc3[N+](=O)[O-])CC2)C1.c1cc2cc-2c1. The first-order valence-corrected chi connectivity index (χ1v) is 9.19. The lowest BCUT2D eigenvalue weighted by Crippen LogP contribution is -2.45. The summed E-state index contributed by atoms with van der Waals surface area (Å²) < 4.78 is 0. The third-order valence-electron chi connectivity index (χ3n) is 5.28. The Morgan fingerprint density at radius 2 is 1.96 bits per heavy atom. The molecule has 2 aliphatic heterocycles. The molecule has 0 aromatic carbocycles. The predicted molar refractivity (Wildman–Crippen MR) is 107 cm³/mol. The van der Waals surface area contributed by atoms with Gasteiger partial charge in [0, 0.05) is 44.1 Å². The van der Waals surface area contributed by atoms with Gasteiger partial charge in [-0.3, -0.25) is 10.1 Å². The Balaban J connectivity index is 0.000000268. The van der Waals surface area contributed by atoms with Crippen LogP contribution in [0.1, 0.15) is 25.0 Å². The first-order valence-electron chi connectivity index (χ1n) is 9.19. The van der Waals surface area contributed by atoms with E-state index in [4.69, 9.17) is 11.3 Å². The van der Waals surface area contributed by atoms with E-state index in [1.165, 1.54) is 17.2 Å². The number of piperidine rings is 1. The molecule has 2 aliphatic carbocycles. The number of fused-ring (bicyclic) bond motifs is 1. The van der Waals surface area contributed by atoms with Gasteiger partial charge in [-0.1, -0.05) is 29.3 Å². The topological polar surface area (TPSA) is 80.9 Å². The van der Waals surface area contributed by atoms with Crippen molar-refractivity contribution in [3.05, 3.63) is 52.2 Å². The van der Waals surface area contributed by atoms with Crippen molar-refractivity contribution in [2.24, 2.45) is 5.16 Å². The number of hydrogen-bond donors (Lipinski definition) is 0. The van der Waals surface area contributed by atoms with Crippen molar-refractivity contribution in [3.63, 3.8) is 0 Å². The third-order valence-corrected chi connectivity index (χ3v) is 5.28. The summed E-state index contributed by atoms with van der Waals surface area (Å²) >= 11 is 0. The minimum atomic E-state index is -0.391. The number of aromatic nitrogens is 1. The van der Waals surface area contributed by atoms with Gasteiger partial charge in [-0.2, -0.15) is 0 Å². The van der Waals surface area contributed by atoms with Gasteiger partial charge in [-0.05, 0) is 30.2 Å². The summed E-state index contributed by atoms with van der Waals surface area (Å²) in [4.78, 5) is 22.6. The second-order valence-electron chi connectivity index (χ2n) is 7.25. The summed E-state index contributed by atoms with van der Waals surface area (Å²) in [6.45, 7) is 3.08. The number of nitro groups is 1. The standard InChI is InChI=1S/C15H16N4O3.C6H4/c1-3-12-10-15(22-17-12)6-8-18(9-7-15)14-13(19(20)21)5-4-11(2)16-14;1-2-5-4-6(5)3-1/h1,4-5H,6-10H2,2H3;1-4H. The molecule has 1 saturated heterocycles. The molecule has 1 fully saturated rings. The van der Waals surface area contributed by atoms with Crippen molar-refractivity contribution in [3.8, 4) is 23.5 Å². The van der Waals surface area contributed by atoms with Crippen LogP contribution < -0.4 is 4.90 Å². The normalized spacial score (nSPS) is 17.7. The van der Waals surface area contributed by atoms with Crippen LogP contribution in [0.4, 0.5) is 11.5 Å². The van der Waals surface area contributed by atoms with Crippen LogP contribution in [0.25, 0.3) is 11.1 Å². The molecule has 0 saturated carbocycles. The van der Waals surface area contributed by atoms with Gasteiger partial charge in [0.05, 0.1) is 4.92 Å². The lowest BCUT2D eigenvalue weighted by molar-refractivity contribution is -0.384. The average molecular weight is 376 g/mol. The molecular weight excluding hydrogens is 356 g/mol. The molecule has 1 aromatic rings. The number of rotatable bonds is 2. The van der Waals surface area contributed by atoms with Gasteiger partial charge in [0.25, 0.3) is 0 Å². The highest BCUT2D eigenvalue weighted by Crippen LogP contribution is 2.37. The number of oxime groups is 1. The summed E-state index contributed by atoms with van der Waals surface area (Å²) in [6, 6.07) is 11.6. The summed E-state index contributed by atoms with van der Waals surface area (Å²) in [5, 5.41) is 15.1. The molecule has 4 aliphatic rings. The van der Waals surface area contributed by atoms with Crippen molar-refractivity contribution in [1.82, 2.24) is 4.98 Å². The van der Waals surface area contributed by atoms with Crippen LogP contribution in [0.5, 0.6) is 0 Å². The van der Waals surface area contributed by atoms with E-state index in [9.17, 15) is 10.1 Å². The Hall–Kier alpha value is -3.40. The van der Waals surface area contributed by atoms with Crippen molar-refractivity contribution in [2.45, 2.75) is 31.8 Å². The van der Waals surface area contributed by atoms with Gasteiger partial charge < -0.3 is 9.74 Å². The number of nitrogens with zero attached hydrogens (tertiary/aromatic N) is 4. The molecule has 7 nitrogen and oxygen atoms in total. The summed E-state index contributed by atoms with van der Waals surface area (Å²) in [5.74, 6) is 2.95. The Morgan fingerprint density at radius 3 is 2.46 bits per heavy atom. The smallest absolute Gasteiger partial charge is 0.311 e. The molecule has 0 unspecified atom stereocenters. The zero-order chi connectivity index (χ0) is 19.7. The van der Waals surface area contributed by atoms with E-state index in [1.54, 1.807) is 6.07 Å². The summed E-state index contributed by atoms with van der Waals surface area (Å²) in [6.07, 6.45) is 7.43. The summed E-state index contributed by atoms with van der Waals surface area (Å²) in [7, 11) is 0. The monoisotopic (exact) mass is 376 g/mol. The Kier molecular flexibility index (Phi) is 4.47. The number of hydrogen-bond acceptors (Lipinski definition) is 6. The van der Waals surface area contributed by atoms with Crippen LogP contribution in [-0.2, 0) is 4.84 Å². The van der Waals surface area contributed by atoms with E-state index in [2.05, 4.69) is 40.3 Å². The van der Waals surface area contributed by atoms with E-state index >= 15 is 0 Å². The van der Waals surface area contributed by atoms with Crippen LogP contribution in [-0.4, -0.2) is 34.3 Å². The maximum Gasteiger partial charge on any atom is 0.311 e. The molecule has 0 radical (unpaired) electrons. The highest BCUT2D eigenvalue weighted by atomic mass is 16.7. The average Bonchev–Trinajstić information content (AvgIpc) is 3.10. The van der Waals surface area contributed by atoms with Gasteiger partial charge in [-0.15, -0.1) is 6.42 Å². The van der Waals surface area contributed by atoms with Crippen LogP contribution in [0.15, 0.2) is 41.6 Å². The quantitative estimate of drug-likeness (QED) is 0.387. The van der Waals surface area contributed by atoms with E-state index < -0.39 is 4.92 Å². The van der Waals surface area contributed by atoms with Crippen LogP contribution in [0, 0.1) is 29.4 Å². The number of anilines is 1. The lowest BCUT2D eigenvalue weighted by atomic mass is 9.87. The van der Waals surface area contributed by atoms with E-state index in [1.807, 2.05) is 11.8 Å². The molecule has 0 atom stereocenters. The van der Waals surface area contributed by atoms with Gasteiger partial charge in [0.1, 0.15) is 11.3 Å². The molecule has 5 rings (SSSR count). The van der Waals surface area contributed by atoms with Gasteiger partial charge in [-0.25, -0.2) is 4.98 Å². The molecule has 28 heavy (non-hydrogen) atoms. The molecule has 3 heterocycles. The zero-order valence-electron chi connectivity index (χ0n) is 15.6. The molecular formula is C21H20N4O3. The fraction of sp³-hybridized carbons (Fsp3) is 0.333. The third kappa shape index (κ3) is 3.54. The maximum atomic E-state index is 11.2. The minimum Gasteiger partial charge on any atom is -0.388 e. The molecule has 142 valence electrons. The Morgan fingerprint density at radius 1 is 1.25 bits per heavy atom. The highest BCUT2D eigenvalue weighted by Gasteiger charge is 2.42. The number of pyridine rings is 1. The van der Waals surface area contributed by atoms with Gasteiger partial charge in [0.15, 0.2) is 0 Å². The van der Waals surface area contributed by atoms with Crippen LogP contribution in [0.2, 0.25) is 0 Å². The van der Waals surface area contributed by atoms with Gasteiger partial charge >= 0.3 is 5.69 Å². The molecule has 0 bridgehead atoms. The number of aryl methyl sites for hydroxylation is 1. The van der Waals surface area contributed by atoms with Crippen molar-refractivity contribution >= 4 is 17.2 Å². The Labute approximate surface area is 163 Å². The fourth-order valence-electron chi connectivity index (χ4n) is 3.58. The number of terminal acetylenes is 1. The van der Waals surface area contributed by atoms with Crippen molar-refractivity contribution in [2.75, 3.05) is 18.0 Å². The fourth-order valence-corrected chi connectivity index (χ4v) is 3.58. The van der Waals surface area contributed by atoms with E-state index in [0.717, 1.165) is 5.69 Å². The second-order valence-corrected chi connectivity index (χ2v) is 7.25. The van der Waals surface area contributed by atoms with E-state index in [-0.39, 0.29) is 11.3 Å². The predicted octanol–water partition coefficient (Wildman–Crippen LogP) is 3.71. The minimum absolute atomic E-state index is 0.0365. The maximum absolute atomic E-state index is 11.2. The zero-order valence-corrected chi connectivity index (χ0v) is 15.6. The molecule has 1 spiro atoms. The molecule has 1 aromatic heterocycles. The van der Waals surface area contributed by atoms with E-state index in [0.29, 0.717) is 43.9 Å². The Bertz CT molecular complexity index is 984. The second kappa shape index (κ2) is 6.97. The summed E-state index contributed by atoms with van der Waals surface area (Å²) in [5.41, 5.74) is 3.93. The molecule has 7 heteroatoms. The largest absolute Gasteiger partial charge is 0.388 e. The first kappa shape index (κ1) is 18.0. The number of benzene rings is 1.